The Bertz CT molecular complexity index is 488. The third-order valence-electron chi connectivity index (χ3n) is 3.08. The first-order valence-electron chi connectivity index (χ1n) is 5.90. The number of carbonyl (C=O) groups excluding carboxylic acids is 2. The number of benzene rings is 1. The number of hydrogen-bond acceptors (Lipinski definition) is 2. The number of halogens is 1. The molecule has 0 aromatic heterocycles. The van der Waals surface area contributed by atoms with Crippen LogP contribution >= 0.6 is 11.6 Å². The number of carbonyl (C=O) groups is 2. The van der Waals surface area contributed by atoms with E-state index in [0.29, 0.717) is 23.7 Å². The molecule has 0 spiro atoms. The zero-order valence-electron chi connectivity index (χ0n) is 10.1. The Kier molecular flexibility index (Phi) is 3.87. The van der Waals surface area contributed by atoms with Crippen molar-refractivity contribution < 1.29 is 9.59 Å². The monoisotopic (exact) mass is 266 g/mol. The summed E-state index contributed by atoms with van der Waals surface area (Å²) in [5.74, 6) is -0.434. The van der Waals surface area contributed by atoms with E-state index in [-0.39, 0.29) is 24.2 Å². The summed E-state index contributed by atoms with van der Waals surface area (Å²) in [7, 11) is 0. The molecule has 1 aliphatic heterocycles. The minimum absolute atomic E-state index is 0.0655. The number of rotatable bonds is 2. The highest BCUT2D eigenvalue weighted by atomic mass is 35.5. The van der Waals surface area contributed by atoms with Crippen LogP contribution in [0, 0.1) is 12.8 Å². The molecule has 1 aliphatic rings. The molecule has 1 aromatic carbocycles. The number of aryl methyl sites for hydroxylation is 1. The molecule has 96 valence electrons. The Morgan fingerprint density at radius 2 is 2.28 bits per heavy atom. The summed E-state index contributed by atoms with van der Waals surface area (Å²) in [6.45, 7) is 2.46. The van der Waals surface area contributed by atoms with E-state index in [9.17, 15) is 9.59 Å². The van der Waals surface area contributed by atoms with Crippen LogP contribution in [0.2, 0.25) is 5.02 Å². The lowest BCUT2D eigenvalue weighted by Crippen LogP contribution is -2.38. The molecule has 18 heavy (non-hydrogen) atoms. The number of anilines is 1. The quantitative estimate of drug-likeness (QED) is 0.861. The molecule has 1 unspecified atom stereocenters. The molecule has 1 aromatic rings. The van der Waals surface area contributed by atoms with Gasteiger partial charge in [-0.3, -0.25) is 9.59 Å². The van der Waals surface area contributed by atoms with Gasteiger partial charge in [0.15, 0.2) is 0 Å². The first-order valence-corrected chi connectivity index (χ1v) is 6.28. The SMILES string of the molecule is Cc1ccc(Cl)cc1NC(=O)C1CCNC(=O)C1. The van der Waals surface area contributed by atoms with Gasteiger partial charge in [-0.25, -0.2) is 0 Å². The van der Waals surface area contributed by atoms with Gasteiger partial charge in [0.05, 0.1) is 0 Å². The Hall–Kier alpha value is -1.55. The average Bonchev–Trinajstić information content (AvgIpc) is 2.34. The van der Waals surface area contributed by atoms with E-state index in [0.717, 1.165) is 5.56 Å². The van der Waals surface area contributed by atoms with Crippen molar-refractivity contribution in [1.29, 1.82) is 0 Å². The van der Waals surface area contributed by atoms with Crippen molar-refractivity contribution in [2.24, 2.45) is 5.92 Å². The van der Waals surface area contributed by atoms with Crippen molar-refractivity contribution in [3.63, 3.8) is 0 Å². The van der Waals surface area contributed by atoms with Crippen molar-refractivity contribution in [3.05, 3.63) is 28.8 Å². The Morgan fingerprint density at radius 1 is 1.50 bits per heavy atom. The van der Waals surface area contributed by atoms with Crippen LogP contribution in [-0.2, 0) is 9.59 Å². The minimum atomic E-state index is -0.253. The molecule has 0 radical (unpaired) electrons. The summed E-state index contributed by atoms with van der Waals surface area (Å²) in [6, 6.07) is 5.35. The smallest absolute Gasteiger partial charge is 0.228 e. The van der Waals surface area contributed by atoms with Gasteiger partial charge in [0, 0.05) is 29.6 Å². The van der Waals surface area contributed by atoms with Gasteiger partial charge < -0.3 is 10.6 Å². The Labute approximate surface area is 111 Å². The summed E-state index contributed by atoms with van der Waals surface area (Å²) in [4.78, 5) is 23.3. The molecular weight excluding hydrogens is 252 g/mol. The van der Waals surface area contributed by atoms with Gasteiger partial charge in [0.1, 0.15) is 0 Å². The van der Waals surface area contributed by atoms with Crippen LogP contribution in [0.5, 0.6) is 0 Å². The number of piperidine rings is 1. The third kappa shape index (κ3) is 3.01. The molecule has 4 nitrogen and oxygen atoms in total. The lowest BCUT2D eigenvalue weighted by molar-refractivity contribution is -0.129. The molecule has 2 N–H and O–H groups in total. The maximum atomic E-state index is 12.0. The second-order valence-corrected chi connectivity index (χ2v) is 4.92. The van der Waals surface area contributed by atoms with Crippen LogP contribution in [0.25, 0.3) is 0 Å². The fraction of sp³-hybridized carbons (Fsp3) is 0.385. The molecule has 5 heteroatoms. The Balaban J connectivity index is 2.06. The lowest BCUT2D eigenvalue weighted by Gasteiger charge is -2.21. The van der Waals surface area contributed by atoms with Crippen molar-refractivity contribution in [1.82, 2.24) is 5.32 Å². The van der Waals surface area contributed by atoms with E-state index in [1.54, 1.807) is 12.1 Å². The topological polar surface area (TPSA) is 58.2 Å². The number of amides is 2. The highest BCUT2D eigenvalue weighted by molar-refractivity contribution is 6.31. The van der Waals surface area contributed by atoms with E-state index in [1.165, 1.54) is 0 Å². The van der Waals surface area contributed by atoms with Gasteiger partial charge in [-0.15, -0.1) is 0 Å². The summed E-state index contributed by atoms with van der Waals surface area (Å²) in [6.07, 6.45) is 0.933. The van der Waals surface area contributed by atoms with Gasteiger partial charge >= 0.3 is 0 Å². The zero-order chi connectivity index (χ0) is 13.1. The minimum Gasteiger partial charge on any atom is -0.356 e. The fourth-order valence-electron chi connectivity index (χ4n) is 1.97. The molecule has 1 fully saturated rings. The van der Waals surface area contributed by atoms with Crippen molar-refractivity contribution in [3.8, 4) is 0 Å². The second-order valence-electron chi connectivity index (χ2n) is 4.49. The Morgan fingerprint density at radius 3 is 3.00 bits per heavy atom. The summed E-state index contributed by atoms with van der Waals surface area (Å²) < 4.78 is 0. The molecule has 1 saturated heterocycles. The predicted octanol–water partition coefficient (Wildman–Crippen LogP) is 2.11. The highest BCUT2D eigenvalue weighted by Crippen LogP contribution is 2.22. The third-order valence-corrected chi connectivity index (χ3v) is 3.31. The zero-order valence-corrected chi connectivity index (χ0v) is 10.9. The van der Waals surface area contributed by atoms with E-state index in [4.69, 9.17) is 11.6 Å². The average molecular weight is 267 g/mol. The molecule has 0 bridgehead atoms. The highest BCUT2D eigenvalue weighted by Gasteiger charge is 2.25. The molecule has 1 atom stereocenters. The van der Waals surface area contributed by atoms with Gasteiger partial charge in [-0.05, 0) is 31.0 Å². The maximum absolute atomic E-state index is 12.0. The first-order chi connectivity index (χ1) is 8.56. The van der Waals surface area contributed by atoms with Crippen molar-refractivity contribution in [2.45, 2.75) is 19.8 Å². The van der Waals surface area contributed by atoms with Crippen LogP contribution in [0.3, 0.4) is 0 Å². The van der Waals surface area contributed by atoms with Crippen LogP contribution in [0.15, 0.2) is 18.2 Å². The maximum Gasteiger partial charge on any atom is 0.228 e. The van der Waals surface area contributed by atoms with Crippen LogP contribution in [0.4, 0.5) is 5.69 Å². The first kappa shape index (κ1) is 12.9. The van der Waals surface area contributed by atoms with Gasteiger partial charge in [-0.2, -0.15) is 0 Å². The van der Waals surface area contributed by atoms with Crippen LogP contribution in [0.1, 0.15) is 18.4 Å². The molecule has 0 aliphatic carbocycles. The van der Waals surface area contributed by atoms with E-state index >= 15 is 0 Å². The molecule has 1 heterocycles. The fourth-order valence-corrected chi connectivity index (χ4v) is 2.14. The number of nitrogens with one attached hydrogen (secondary N) is 2. The largest absolute Gasteiger partial charge is 0.356 e. The van der Waals surface area contributed by atoms with Gasteiger partial charge in [0.2, 0.25) is 11.8 Å². The van der Waals surface area contributed by atoms with E-state index in [2.05, 4.69) is 10.6 Å². The van der Waals surface area contributed by atoms with E-state index < -0.39 is 0 Å². The molecule has 2 amide bonds. The van der Waals surface area contributed by atoms with Gasteiger partial charge in [0.25, 0.3) is 0 Å². The van der Waals surface area contributed by atoms with Crippen LogP contribution < -0.4 is 10.6 Å². The normalized spacial score (nSPS) is 19.2. The summed E-state index contributed by atoms with van der Waals surface area (Å²) >= 11 is 5.89. The van der Waals surface area contributed by atoms with Crippen LogP contribution in [-0.4, -0.2) is 18.4 Å². The predicted molar refractivity (Wildman–Crippen MR) is 70.6 cm³/mol. The van der Waals surface area contributed by atoms with E-state index in [1.807, 2.05) is 13.0 Å². The lowest BCUT2D eigenvalue weighted by atomic mass is 9.96. The molecule has 0 saturated carbocycles. The molecular formula is C13H15ClN2O2. The van der Waals surface area contributed by atoms with Crippen molar-refractivity contribution in [2.75, 3.05) is 11.9 Å². The summed E-state index contributed by atoms with van der Waals surface area (Å²) in [5, 5.41) is 6.13. The molecule has 2 rings (SSSR count). The summed E-state index contributed by atoms with van der Waals surface area (Å²) in [5.41, 5.74) is 1.66. The second kappa shape index (κ2) is 5.40. The standard InChI is InChI=1S/C13H15ClN2O2/c1-8-2-3-10(14)7-11(8)16-13(18)9-4-5-15-12(17)6-9/h2-3,7,9H,4-6H2,1H3,(H,15,17)(H,16,18). The number of hydrogen-bond donors (Lipinski definition) is 2. The van der Waals surface area contributed by atoms with Gasteiger partial charge in [-0.1, -0.05) is 17.7 Å². The van der Waals surface area contributed by atoms with Crippen molar-refractivity contribution >= 4 is 29.1 Å².